The van der Waals surface area contributed by atoms with E-state index in [1.165, 1.54) is 7.11 Å². The van der Waals surface area contributed by atoms with Gasteiger partial charge in [-0.2, -0.15) is 0 Å². The number of hydrogen-bond donors (Lipinski definition) is 2. The first-order chi connectivity index (χ1) is 14.1. The lowest BCUT2D eigenvalue weighted by Crippen LogP contribution is -2.11. The zero-order valence-corrected chi connectivity index (χ0v) is 16.5. The third-order valence-electron chi connectivity index (χ3n) is 4.71. The number of aromatic hydroxyl groups is 1. The van der Waals surface area contributed by atoms with Crippen molar-refractivity contribution >= 4 is 22.5 Å². The van der Waals surface area contributed by atoms with Crippen LogP contribution >= 0.6 is 11.6 Å². The van der Waals surface area contributed by atoms with Gasteiger partial charge in [0.25, 0.3) is 0 Å². The van der Waals surface area contributed by atoms with Crippen molar-refractivity contribution in [2.45, 2.75) is 12.8 Å². The Morgan fingerprint density at radius 2 is 1.72 bits per heavy atom. The molecule has 0 aliphatic heterocycles. The highest BCUT2D eigenvalue weighted by molar-refractivity contribution is 6.30. The Labute approximate surface area is 173 Å². The number of hydrogen-bond acceptors (Lipinski definition) is 4. The molecule has 1 heterocycles. The van der Waals surface area contributed by atoms with E-state index in [0.29, 0.717) is 34.1 Å². The van der Waals surface area contributed by atoms with Crippen molar-refractivity contribution in [2.75, 3.05) is 7.11 Å². The molecule has 0 aliphatic rings. The van der Waals surface area contributed by atoms with Crippen LogP contribution in [0.15, 0.2) is 72.8 Å². The summed E-state index contributed by atoms with van der Waals surface area (Å²) in [7, 11) is 1.43. The Bertz CT molecular complexity index is 1120. The predicted octanol–water partition coefficient (Wildman–Crippen LogP) is 5.48. The average molecular weight is 410 g/mol. The Balaban J connectivity index is 1.92. The SMILES string of the molecule is CO[C@H](O)c1c(Oc2ccccc2)c2cc(O)ccc2n1Cc1ccc(Cl)cc1. The number of halogens is 1. The molecular weight excluding hydrogens is 390 g/mol. The zero-order valence-electron chi connectivity index (χ0n) is 15.7. The van der Waals surface area contributed by atoms with Crippen LogP contribution in [-0.4, -0.2) is 21.9 Å². The van der Waals surface area contributed by atoms with Crippen molar-refractivity contribution in [1.29, 1.82) is 0 Å². The molecule has 0 unspecified atom stereocenters. The number of ether oxygens (including phenoxy) is 2. The molecule has 29 heavy (non-hydrogen) atoms. The van der Waals surface area contributed by atoms with Gasteiger partial charge in [0.05, 0.1) is 5.52 Å². The summed E-state index contributed by atoms with van der Waals surface area (Å²) in [4.78, 5) is 0. The van der Waals surface area contributed by atoms with Gasteiger partial charge in [-0.25, -0.2) is 0 Å². The molecule has 148 valence electrons. The second-order valence-corrected chi connectivity index (χ2v) is 7.07. The normalized spacial score (nSPS) is 12.2. The van der Waals surface area contributed by atoms with Gasteiger partial charge < -0.3 is 24.3 Å². The molecule has 0 radical (unpaired) electrons. The van der Waals surface area contributed by atoms with E-state index in [4.69, 9.17) is 21.1 Å². The number of methoxy groups -OCH3 is 1. The van der Waals surface area contributed by atoms with E-state index < -0.39 is 6.29 Å². The van der Waals surface area contributed by atoms with Crippen LogP contribution in [0, 0.1) is 0 Å². The molecule has 0 bridgehead atoms. The number of benzene rings is 3. The topological polar surface area (TPSA) is 63.9 Å². The first-order valence-corrected chi connectivity index (χ1v) is 9.48. The predicted molar refractivity (Wildman–Crippen MR) is 113 cm³/mol. The Morgan fingerprint density at radius 1 is 1.00 bits per heavy atom. The Morgan fingerprint density at radius 3 is 2.41 bits per heavy atom. The summed E-state index contributed by atoms with van der Waals surface area (Å²) in [6.45, 7) is 0.465. The summed E-state index contributed by atoms with van der Waals surface area (Å²) in [6.07, 6.45) is -1.21. The summed E-state index contributed by atoms with van der Waals surface area (Å²) in [5.41, 5.74) is 2.26. The van der Waals surface area contributed by atoms with Gasteiger partial charge in [-0.15, -0.1) is 0 Å². The first kappa shape index (κ1) is 19.3. The number of fused-ring (bicyclic) bond motifs is 1. The maximum absolute atomic E-state index is 10.7. The van der Waals surface area contributed by atoms with Crippen LogP contribution in [-0.2, 0) is 11.3 Å². The summed E-state index contributed by atoms with van der Waals surface area (Å²) in [6, 6.07) is 21.8. The van der Waals surface area contributed by atoms with E-state index in [0.717, 1.165) is 11.1 Å². The highest BCUT2D eigenvalue weighted by atomic mass is 35.5. The summed E-state index contributed by atoms with van der Waals surface area (Å²) in [5.74, 6) is 1.16. The molecular formula is C23H20ClNO4. The van der Waals surface area contributed by atoms with Crippen molar-refractivity contribution < 1.29 is 19.7 Å². The second-order valence-electron chi connectivity index (χ2n) is 6.63. The molecule has 0 saturated heterocycles. The minimum absolute atomic E-state index is 0.109. The average Bonchev–Trinajstić information content (AvgIpc) is 3.02. The van der Waals surface area contributed by atoms with E-state index in [-0.39, 0.29) is 5.75 Å². The van der Waals surface area contributed by atoms with Crippen molar-refractivity contribution in [2.24, 2.45) is 0 Å². The minimum atomic E-state index is -1.21. The Hall–Kier alpha value is -2.99. The van der Waals surface area contributed by atoms with E-state index in [9.17, 15) is 10.2 Å². The molecule has 3 aromatic carbocycles. The number of phenols is 1. The van der Waals surface area contributed by atoms with Crippen molar-refractivity contribution in [3.8, 4) is 17.2 Å². The summed E-state index contributed by atoms with van der Waals surface area (Å²) in [5, 5.41) is 22.0. The number of para-hydroxylation sites is 1. The molecule has 0 amide bonds. The largest absolute Gasteiger partial charge is 0.508 e. The van der Waals surface area contributed by atoms with Crippen molar-refractivity contribution in [3.05, 3.63) is 89.1 Å². The lowest BCUT2D eigenvalue weighted by Gasteiger charge is -2.16. The fourth-order valence-electron chi connectivity index (χ4n) is 3.35. The number of rotatable bonds is 6. The molecule has 1 aromatic heterocycles. The summed E-state index contributed by atoms with van der Waals surface area (Å²) >= 11 is 6.01. The van der Waals surface area contributed by atoms with Gasteiger partial charge in [0, 0.05) is 24.1 Å². The van der Waals surface area contributed by atoms with Gasteiger partial charge in [-0.3, -0.25) is 0 Å². The number of phenolic OH excluding ortho intramolecular Hbond substituents is 1. The minimum Gasteiger partial charge on any atom is -0.508 e. The van der Waals surface area contributed by atoms with Crippen LogP contribution in [0.5, 0.6) is 17.2 Å². The van der Waals surface area contributed by atoms with Crippen molar-refractivity contribution in [1.82, 2.24) is 4.57 Å². The summed E-state index contributed by atoms with van der Waals surface area (Å²) < 4.78 is 13.3. The highest BCUT2D eigenvalue weighted by Crippen LogP contribution is 2.41. The van der Waals surface area contributed by atoms with E-state index >= 15 is 0 Å². The molecule has 4 rings (SSSR count). The fourth-order valence-corrected chi connectivity index (χ4v) is 3.47. The lowest BCUT2D eigenvalue weighted by molar-refractivity contribution is -0.0825. The molecule has 6 heteroatoms. The smallest absolute Gasteiger partial charge is 0.200 e. The van der Waals surface area contributed by atoms with E-state index in [1.54, 1.807) is 18.2 Å². The first-order valence-electron chi connectivity index (χ1n) is 9.10. The maximum atomic E-state index is 10.7. The van der Waals surface area contributed by atoms with Gasteiger partial charge in [0.15, 0.2) is 12.0 Å². The molecule has 2 N–H and O–H groups in total. The fraction of sp³-hybridized carbons (Fsp3) is 0.130. The van der Waals surface area contributed by atoms with E-state index in [2.05, 4.69) is 0 Å². The third kappa shape index (κ3) is 3.93. The van der Waals surface area contributed by atoms with Gasteiger partial charge >= 0.3 is 0 Å². The molecule has 0 spiro atoms. The number of aromatic nitrogens is 1. The molecule has 4 aromatic rings. The molecule has 0 aliphatic carbocycles. The van der Waals surface area contributed by atoms with Gasteiger partial charge in [0.1, 0.15) is 17.2 Å². The number of nitrogens with zero attached hydrogens (tertiary/aromatic N) is 1. The molecule has 5 nitrogen and oxygen atoms in total. The molecule has 0 fully saturated rings. The second kappa shape index (κ2) is 8.17. The van der Waals surface area contributed by atoms with Crippen LogP contribution in [0.25, 0.3) is 10.9 Å². The van der Waals surface area contributed by atoms with Gasteiger partial charge in [-0.1, -0.05) is 41.9 Å². The molecule has 0 saturated carbocycles. The quantitative estimate of drug-likeness (QED) is 0.414. The third-order valence-corrected chi connectivity index (χ3v) is 4.97. The van der Waals surface area contributed by atoms with Crippen LogP contribution < -0.4 is 4.74 Å². The van der Waals surface area contributed by atoms with E-state index in [1.807, 2.05) is 59.2 Å². The van der Waals surface area contributed by atoms with Crippen LogP contribution in [0.1, 0.15) is 17.5 Å². The van der Waals surface area contributed by atoms with Crippen molar-refractivity contribution in [3.63, 3.8) is 0 Å². The highest BCUT2D eigenvalue weighted by Gasteiger charge is 2.25. The maximum Gasteiger partial charge on any atom is 0.200 e. The number of aliphatic hydroxyl groups is 1. The van der Waals surface area contributed by atoms with Gasteiger partial charge in [-0.05, 0) is 48.0 Å². The van der Waals surface area contributed by atoms with Crippen LogP contribution in [0.4, 0.5) is 0 Å². The van der Waals surface area contributed by atoms with Crippen LogP contribution in [0.3, 0.4) is 0 Å². The standard InChI is InChI=1S/C23H20ClNO4/c1-28-23(27)21-22(29-18-5-3-2-4-6-18)19-13-17(26)11-12-20(19)25(21)14-15-7-9-16(24)10-8-15/h2-13,23,26-27H,14H2,1H3/t23-/m0/s1. The number of aliphatic hydroxyl groups excluding tert-OH is 1. The van der Waals surface area contributed by atoms with Crippen LogP contribution in [0.2, 0.25) is 5.02 Å². The monoisotopic (exact) mass is 409 g/mol. The van der Waals surface area contributed by atoms with Gasteiger partial charge in [0.2, 0.25) is 0 Å². The lowest BCUT2D eigenvalue weighted by atomic mass is 10.2. The Kier molecular flexibility index (Phi) is 5.45. The zero-order chi connectivity index (χ0) is 20.4. The molecule has 1 atom stereocenters.